The first-order valence-corrected chi connectivity index (χ1v) is 13.0. The van der Waals surface area contributed by atoms with Gasteiger partial charge in [-0.05, 0) is 65.2 Å². The predicted octanol–water partition coefficient (Wildman–Crippen LogP) is 6.50. The summed E-state index contributed by atoms with van der Waals surface area (Å²) in [5, 5.41) is 12.0. The van der Waals surface area contributed by atoms with Gasteiger partial charge in [0.05, 0.1) is 29.5 Å². The molecule has 2 aromatic rings. The summed E-state index contributed by atoms with van der Waals surface area (Å²) in [6, 6.07) is 10.0. The number of hydrogen-bond acceptors (Lipinski definition) is 6. The SMILES string of the molecule is CCCCC[C@H](O)c1cc2ccccc2nc1/C=C/[C@H]1OC(C)(C)O[C@H]1CCCC(=O)OC(C)C. The average molecular weight is 484 g/mol. The number of unbranched alkanes of at least 4 members (excludes halogenated alkanes) is 2. The molecule has 0 radical (unpaired) electrons. The molecule has 1 saturated heterocycles. The Morgan fingerprint density at radius 2 is 1.97 bits per heavy atom. The number of carbonyl (C=O) groups is 1. The Bertz CT molecular complexity index is 1000. The van der Waals surface area contributed by atoms with Gasteiger partial charge >= 0.3 is 5.97 Å². The maximum Gasteiger partial charge on any atom is 0.306 e. The van der Waals surface area contributed by atoms with E-state index in [-0.39, 0.29) is 24.3 Å². The van der Waals surface area contributed by atoms with Crippen molar-refractivity contribution in [2.24, 2.45) is 0 Å². The van der Waals surface area contributed by atoms with Gasteiger partial charge in [0, 0.05) is 17.4 Å². The number of fused-ring (bicyclic) bond motifs is 1. The van der Waals surface area contributed by atoms with Crippen LogP contribution in [0, 0.1) is 0 Å². The molecule has 0 saturated carbocycles. The van der Waals surface area contributed by atoms with Crippen LogP contribution in [-0.2, 0) is 19.0 Å². The molecule has 0 amide bonds. The molecule has 1 aliphatic heterocycles. The molecule has 1 fully saturated rings. The number of pyridine rings is 1. The second-order valence-corrected chi connectivity index (χ2v) is 10.1. The highest BCUT2D eigenvalue weighted by Gasteiger charge is 2.39. The highest BCUT2D eigenvalue weighted by molar-refractivity contribution is 5.81. The maximum atomic E-state index is 11.9. The Kier molecular flexibility index (Phi) is 9.84. The van der Waals surface area contributed by atoms with Gasteiger partial charge in [0.25, 0.3) is 0 Å². The number of carbonyl (C=O) groups excluding carboxylic acids is 1. The van der Waals surface area contributed by atoms with Crippen LogP contribution >= 0.6 is 0 Å². The normalized spacial score (nSPS) is 20.7. The minimum Gasteiger partial charge on any atom is -0.463 e. The lowest BCUT2D eigenvalue weighted by atomic mass is 9.98. The monoisotopic (exact) mass is 483 g/mol. The number of aromatic nitrogens is 1. The minimum absolute atomic E-state index is 0.107. The smallest absolute Gasteiger partial charge is 0.306 e. The molecular weight excluding hydrogens is 442 g/mol. The van der Waals surface area contributed by atoms with E-state index in [1.165, 1.54) is 0 Å². The maximum absolute atomic E-state index is 11.9. The van der Waals surface area contributed by atoms with Crippen LogP contribution < -0.4 is 0 Å². The predicted molar refractivity (Wildman–Crippen MR) is 139 cm³/mol. The van der Waals surface area contributed by atoms with Crippen molar-refractivity contribution in [3.8, 4) is 0 Å². The second kappa shape index (κ2) is 12.6. The molecule has 0 bridgehead atoms. The van der Waals surface area contributed by atoms with Crippen molar-refractivity contribution in [2.75, 3.05) is 0 Å². The van der Waals surface area contributed by atoms with Crippen molar-refractivity contribution in [3.05, 3.63) is 47.7 Å². The molecule has 6 heteroatoms. The van der Waals surface area contributed by atoms with E-state index >= 15 is 0 Å². The summed E-state index contributed by atoms with van der Waals surface area (Å²) in [6.07, 6.45) is 8.39. The third-order valence-corrected chi connectivity index (χ3v) is 6.13. The Labute approximate surface area is 209 Å². The molecule has 1 N–H and O–H groups in total. The van der Waals surface area contributed by atoms with Gasteiger partial charge in [-0.25, -0.2) is 4.98 Å². The molecule has 3 rings (SSSR count). The molecule has 1 aromatic carbocycles. The van der Waals surface area contributed by atoms with Crippen LogP contribution in [0.4, 0.5) is 0 Å². The van der Waals surface area contributed by atoms with Crippen molar-refractivity contribution in [1.82, 2.24) is 4.98 Å². The van der Waals surface area contributed by atoms with Crippen LogP contribution in [0.2, 0.25) is 0 Å². The molecule has 0 aliphatic carbocycles. The first kappa shape index (κ1) is 27.3. The quantitative estimate of drug-likeness (QED) is 0.274. The molecule has 2 heterocycles. The zero-order valence-electron chi connectivity index (χ0n) is 21.8. The number of esters is 1. The minimum atomic E-state index is -0.711. The number of aliphatic hydroxyl groups excluding tert-OH is 1. The summed E-state index contributed by atoms with van der Waals surface area (Å²) in [4.78, 5) is 16.8. The molecule has 1 aromatic heterocycles. The number of hydrogen-bond donors (Lipinski definition) is 1. The van der Waals surface area contributed by atoms with Gasteiger partial charge in [-0.1, -0.05) is 50.5 Å². The lowest BCUT2D eigenvalue weighted by molar-refractivity contribution is -0.148. The Morgan fingerprint density at radius 1 is 1.20 bits per heavy atom. The van der Waals surface area contributed by atoms with Gasteiger partial charge in [0.2, 0.25) is 0 Å². The van der Waals surface area contributed by atoms with E-state index in [9.17, 15) is 9.90 Å². The molecule has 1 aliphatic rings. The summed E-state index contributed by atoms with van der Waals surface area (Å²) in [5.74, 6) is -0.899. The van der Waals surface area contributed by atoms with Gasteiger partial charge in [-0.15, -0.1) is 0 Å². The van der Waals surface area contributed by atoms with Gasteiger partial charge in [0.15, 0.2) is 5.79 Å². The molecule has 0 unspecified atom stereocenters. The van der Waals surface area contributed by atoms with E-state index < -0.39 is 11.9 Å². The number of rotatable bonds is 12. The molecule has 35 heavy (non-hydrogen) atoms. The van der Waals surface area contributed by atoms with Crippen LogP contribution in [-0.4, -0.2) is 40.2 Å². The zero-order chi connectivity index (χ0) is 25.4. The first-order valence-electron chi connectivity index (χ1n) is 13.0. The molecular formula is C29H41NO5. The fraction of sp³-hybridized carbons (Fsp3) is 0.586. The fourth-order valence-corrected chi connectivity index (χ4v) is 4.50. The van der Waals surface area contributed by atoms with E-state index in [4.69, 9.17) is 19.2 Å². The Balaban J connectivity index is 1.77. The van der Waals surface area contributed by atoms with Crippen LogP contribution in [0.15, 0.2) is 36.4 Å². The summed E-state index contributed by atoms with van der Waals surface area (Å²) >= 11 is 0. The van der Waals surface area contributed by atoms with E-state index in [0.29, 0.717) is 25.7 Å². The van der Waals surface area contributed by atoms with Gasteiger partial charge in [0.1, 0.15) is 6.10 Å². The van der Waals surface area contributed by atoms with Crippen molar-refractivity contribution in [2.45, 2.75) is 110 Å². The summed E-state index contributed by atoms with van der Waals surface area (Å²) in [6.45, 7) is 9.67. The van der Waals surface area contributed by atoms with Crippen LogP contribution in [0.25, 0.3) is 17.0 Å². The largest absolute Gasteiger partial charge is 0.463 e. The number of benzene rings is 1. The Morgan fingerprint density at radius 3 is 2.71 bits per heavy atom. The molecule has 3 atom stereocenters. The van der Waals surface area contributed by atoms with E-state index in [2.05, 4.69) is 6.92 Å². The zero-order valence-corrected chi connectivity index (χ0v) is 21.8. The van der Waals surface area contributed by atoms with Crippen molar-refractivity contribution < 1.29 is 24.1 Å². The van der Waals surface area contributed by atoms with Gasteiger partial charge in [-0.3, -0.25) is 4.79 Å². The summed E-state index contributed by atoms with van der Waals surface area (Å²) in [5.41, 5.74) is 2.48. The van der Waals surface area contributed by atoms with E-state index in [0.717, 1.165) is 41.4 Å². The molecule has 6 nitrogen and oxygen atoms in total. The summed E-state index contributed by atoms with van der Waals surface area (Å²) in [7, 11) is 0. The molecule has 192 valence electrons. The number of para-hydroxylation sites is 1. The Hall–Kier alpha value is -2.28. The second-order valence-electron chi connectivity index (χ2n) is 10.1. The fourth-order valence-electron chi connectivity index (χ4n) is 4.50. The summed E-state index contributed by atoms with van der Waals surface area (Å²) < 4.78 is 17.5. The average Bonchev–Trinajstić information content (AvgIpc) is 3.09. The lowest BCUT2D eigenvalue weighted by Crippen LogP contribution is -2.22. The standard InChI is InChI=1S/C29H41NO5/c1-6-7-8-14-25(31)22-19-21-12-9-10-13-23(21)30-24(22)17-18-27-26(34-29(4,5)35-27)15-11-16-28(32)33-20(2)3/h9-10,12-13,17-20,25-27,31H,6-8,11,14-16H2,1-5H3/b18-17+/t25-,26-,27+/m0/s1. The van der Waals surface area contributed by atoms with E-state index in [1.54, 1.807) is 0 Å². The highest BCUT2D eigenvalue weighted by atomic mass is 16.7. The number of aliphatic hydroxyl groups is 1. The van der Waals surface area contributed by atoms with Gasteiger partial charge in [-0.2, -0.15) is 0 Å². The van der Waals surface area contributed by atoms with Crippen LogP contribution in [0.5, 0.6) is 0 Å². The number of nitrogens with zero attached hydrogens (tertiary/aromatic N) is 1. The van der Waals surface area contributed by atoms with Gasteiger partial charge < -0.3 is 19.3 Å². The van der Waals surface area contributed by atoms with Crippen molar-refractivity contribution >= 4 is 22.9 Å². The third kappa shape index (κ3) is 8.13. The van der Waals surface area contributed by atoms with Crippen LogP contribution in [0.3, 0.4) is 0 Å². The topological polar surface area (TPSA) is 77.9 Å². The van der Waals surface area contributed by atoms with E-state index in [1.807, 2.05) is 70.2 Å². The number of ether oxygens (including phenoxy) is 3. The van der Waals surface area contributed by atoms with Crippen molar-refractivity contribution in [1.29, 1.82) is 0 Å². The molecule has 0 spiro atoms. The third-order valence-electron chi connectivity index (χ3n) is 6.13. The first-order chi connectivity index (χ1) is 16.7. The van der Waals surface area contributed by atoms with Crippen LogP contribution in [0.1, 0.15) is 96.9 Å². The van der Waals surface area contributed by atoms with Crippen molar-refractivity contribution in [3.63, 3.8) is 0 Å². The highest BCUT2D eigenvalue weighted by Crippen LogP contribution is 2.33. The lowest BCUT2D eigenvalue weighted by Gasteiger charge is -2.16.